The Hall–Kier alpha value is -2.57. The predicted octanol–water partition coefficient (Wildman–Crippen LogP) is 1.72. The molecule has 0 saturated heterocycles. The van der Waals surface area contributed by atoms with Crippen LogP contribution < -0.4 is 16.0 Å². The summed E-state index contributed by atoms with van der Waals surface area (Å²) in [6.45, 7) is 1.94. The fourth-order valence-electron chi connectivity index (χ4n) is 2.96. The van der Waals surface area contributed by atoms with E-state index in [0.717, 1.165) is 24.8 Å². The summed E-state index contributed by atoms with van der Waals surface area (Å²) in [5, 5.41) is 7.82. The number of alkyl carbamates (subject to hydrolysis) is 1. The SMILES string of the molecule is C[C@H]1CCCC[C@H]1NC(=O)CNC(=O)CNC(=O)OCc1ccccc1. The van der Waals surface area contributed by atoms with Crippen LogP contribution in [0.1, 0.15) is 38.2 Å². The Balaban J connectivity index is 1.57. The van der Waals surface area contributed by atoms with E-state index in [-0.39, 0.29) is 31.6 Å². The van der Waals surface area contributed by atoms with Crippen LogP contribution in [0, 0.1) is 5.92 Å². The predicted molar refractivity (Wildman–Crippen MR) is 97.2 cm³/mol. The first-order valence-electron chi connectivity index (χ1n) is 9.05. The Morgan fingerprint density at radius 1 is 1.00 bits per heavy atom. The van der Waals surface area contributed by atoms with Crippen LogP contribution in [0.4, 0.5) is 4.79 Å². The zero-order valence-electron chi connectivity index (χ0n) is 15.1. The summed E-state index contributed by atoms with van der Waals surface area (Å²) in [5.74, 6) is -0.179. The summed E-state index contributed by atoms with van der Waals surface area (Å²) in [4.78, 5) is 35.2. The second-order valence-electron chi connectivity index (χ2n) is 6.63. The molecule has 7 heteroatoms. The minimum absolute atomic E-state index is 0.0944. The zero-order chi connectivity index (χ0) is 18.8. The van der Waals surface area contributed by atoms with E-state index >= 15 is 0 Å². The van der Waals surface area contributed by atoms with Gasteiger partial charge < -0.3 is 20.7 Å². The molecule has 3 N–H and O–H groups in total. The molecule has 7 nitrogen and oxygen atoms in total. The zero-order valence-corrected chi connectivity index (χ0v) is 15.1. The Bertz CT molecular complexity index is 606. The van der Waals surface area contributed by atoms with E-state index in [4.69, 9.17) is 4.74 Å². The van der Waals surface area contributed by atoms with Gasteiger partial charge in [0.15, 0.2) is 0 Å². The van der Waals surface area contributed by atoms with Gasteiger partial charge in [0.1, 0.15) is 13.2 Å². The maximum atomic E-state index is 11.9. The number of ether oxygens (including phenoxy) is 1. The molecule has 0 bridgehead atoms. The molecule has 0 aliphatic heterocycles. The molecule has 1 saturated carbocycles. The second-order valence-corrected chi connectivity index (χ2v) is 6.63. The van der Waals surface area contributed by atoms with Crippen molar-refractivity contribution in [3.8, 4) is 0 Å². The molecule has 1 fully saturated rings. The van der Waals surface area contributed by atoms with Crippen LogP contribution in [0.15, 0.2) is 30.3 Å². The molecule has 0 radical (unpaired) electrons. The summed E-state index contributed by atoms with van der Waals surface area (Å²) in [7, 11) is 0. The normalized spacial score (nSPS) is 19.3. The van der Waals surface area contributed by atoms with E-state index in [1.807, 2.05) is 30.3 Å². The van der Waals surface area contributed by atoms with Gasteiger partial charge in [-0.15, -0.1) is 0 Å². The largest absolute Gasteiger partial charge is 0.445 e. The molecule has 1 aliphatic carbocycles. The van der Waals surface area contributed by atoms with Gasteiger partial charge in [-0.1, -0.05) is 50.1 Å². The summed E-state index contributed by atoms with van der Waals surface area (Å²) in [6, 6.07) is 9.43. The fourth-order valence-corrected chi connectivity index (χ4v) is 2.96. The van der Waals surface area contributed by atoms with Gasteiger partial charge in [0.2, 0.25) is 11.8 Å². The van der Waals surface area contributed by atoms with E-state index in [1.165, 1.54) is 6.42 Å². The molecule has 26 heavy (non-hydrogen) atoms. The first kappa shape index (κ1) is 19.8. The van der Waals surface area contributed by atoms with Crippen LogP contribution in [0.3, 0.4) is 0 Å². The highest BCUT2D eigenvalue weighted by Crippen LogP contribution is 2.23. The van der Waals surface area contributed by atoms with Crippen LogP contribution in [-0.2, 0) is 20.9 Å². The third kappa shape index (κ3) is 7.13. The third-order valence-electron chi connectivity index (χ3n) is 4.51. The number of benzene rings is 1. The van der Waals surface area contributed by atoms with Crippen molar-refractivity contribution in [2.45, 2.75) is 45.3 Å². The molecule has 2 rings (SSSR count). The van der Waals surface area contributed by atoms with E-state index in [9.17, 15) is 14.4 Å². The number of amides is 3. The average Bonchev–Trinajstić information content (AvgIpc) is 2.65. The second kappa shape index (κ2) is 10.4. The van der Waals surface area contributed by atoms with Crippen molar-refractivity contribution in [2.75, 3.05) is 13.1 Å². The van der Waals surface area contributed by atoms with Crippen molar-refractivity contribution >= 4 is 17.9 Å². The van der Waals surface area contributed by atoms with Gasteiger partial charge in [-0.25, -0.2) is 4.79 Å². The van der Waals surface area contributed by atoms with Crippen molar-refractivity contribution in [3.63, 3.8) is 0 Å². The monoisotopic (exact) mass is 361 g/mol. The molecule has 0 spiro atoms. The molecule has 3 amide bonds. The van der Waals surface area contributed by atoms with E-state index in [0.29, 0.717) is 5.92 Å². The standard InChI is InChI=1S/C19H27N3O4/c1-14-7-5-6-10-16(14)22-18(24)12-20-17(23)11-21-19(25)26-13-15-8-3-2-4-9-15/h2-4,8-9,14,16H,5-7,10-13H2,1H3,(H,20,23)(H,21,25)(H,22,24)/t14-,16+/m0/s1. The topological polar surface area (TPSA) is 96.5 Å². The lowest BCUT2D eigenvalue weighted by atomic mass is 9.86. The van der Waals surface area contributed by atoms with Gasteiger partial charge in [-0.05, 0) is 24.3 Å². The highest BCUT2D eigenvalue weighted by Gasteiger charge is 2.22. The first-order chi connectivity index (χ1) is 12.5. The Labute approximate surface area is 153 Å². The lowest BCUT2D eigenvalue weighted by Gasteiger charge is -2.29. The van der Waals surface area contributed by atoms with Gasteiger partial charge in [-0.3, -0.25) is 9.59 Å². The minimum atomic E-state index is -0.676. The van der Waals surface area contributed by atoms with Gasteiger partial charge in [-0.2, -0.15) is 0 Å². The number of carbonyl (C=O) groups is 3. The smallest absolute Gasteiger partial charge is 0.407 e. The van der Waals surface area contributed by atoms with Crippen LogP contribution in [-0.4, -0.2) is 37.0 Å². The van der Waals surface area contributed by atoms with Crippen LogP contribution in [0.25, 0.3) is 0 Å². The summed E-state index contributed by atoms with van der Waals surface area (Å²) in [6.07, 6.45) is 3.75. The van der Waals surface area contributed by atoms with Crippen LogP contribution in [0.2, 0.25) is 0 Å². The highest BCUT2D eigenvalue weighted by molar-refractivity contribution is 5.87. The van der Waals surface area contributed by atoms with Gasteiger partial charge in [0, 0.05) is 6.04 Å². The molecule has 0 aromatic heterocycles. The molecule has 1 aromatic carbocycles. The maximum Gasteiger partial charge on any atom is 0.407 e. The molecule has 1 aromatic rings. The number of hydrogen-bond acceptors (Lipinski definition) is 4. The summed E-state index contributed by atoms with van der Waals surface area (Å²) in [5.41, 5.74) is 0.862. The fraction of sp³-hybridized carbons (Fsp3) is 0.526. The third-order valence-corrected chi connectivity index (χ3v) is 4.51. The van der Waals surface area contributed by atoms with E-state index in [1.54, 1.807) is 0 Å². The van der Waals surface area contributed by atoms with Crippen molar-refractivity contribution in [2.24, 2.45) is 5.92 Å². The molecule has 142 valence electrons. The van der Waals surface area contributed by atoms with Gasteiger partial charge >= 0.3 is 6.09 Å². The number of nitrogens with one attached hydrogen (secondary N) is 3. The number of carbonyl (C=O) groups excluding carboxylic acids is 3. The maximum absolute atomic E-state index is 11.9. The van der Waals surface area contributed by atoms with Crippen molar-refractivity contribution < 1.29 is 19.1 Å². The van der Waals surface area contributed by atoms with E-state index < -0.39 is 12.0 Å². The van der Waals surface area contributed by atoms with Crippen molar-refractivity contribution in [1.82, 2.24) is 16.0 Å². The molecular weight excluding hydrogens is 334 g/mol. The Morgan fingerprint density at radius 2 is 1.69 bits per heavy atom. The lowest BCUT2D eigenvalue weighted by molar-refractivity contribution is -0.126. The average molecular weight is 361 g/mol. The minimum Gasteiger partial charge on any atom is -0.445 e. The molecule has 1 aliphatic rings. The Morgan fingerprint density at radius 3 is 2.42 bits per heavy atom. The molecule has 0 unspecified atom stereocenters. The highest BCUT2D eigenvalue weighted by atomic mass is 16.5. The first-order valence-corrected chi connectivity index (χ1v) is 9.05. The van der Waals surface area contributed by atoms with Crippen LogP contribution >= 0.6 is 0 Å². The van der Waals surface area contributed by atoms with E-state index in [2.05, 4.69) is 22.9 Å². The molecular formula is C19H27N3O4. The lowest BCUT2D eigenvalue weighted by Crippen LogP contribution is -2.47. The molecule has 2 atom stereocenters. The summed E-state index contributed by atoms with van der Waals surface area (Å²) < 4.78 is 5.01. The van der Waals surface area contributed by atoms with Gasteiger partial charge in [0.25, 0.3) is 0 Å². The number of rotatable bonds is 7. The van der Waals surface area contributed by atoms with Crippen LogP contribution in [0.5, 0.6) is 0 Å². The van der Waals surface area contributed by atoms with Gasteiger partial charge in [0.05, 0.1) is 6.54 Å². The Kier molecular flexibility index (Phi) is 7.92. The molecule has 0 heterocycles. The van der Waals surface area contributed by atoms with Crippen molar-refractivity contribution in [1.29, 1.82) is 0 Å². The summed E-state index contributed by atoms with van der Waals surface area (Å²) >= 11 is 0. The quantitative estimate of drug-likeness (QED) is 0.689. The van der Waals surface area contributed by atoms with Crippen molar-refractivity contribution in [3.05, 3.63) is 35.9 Å². The number of hydrogen-bond donors (Lipinski definition) is 3.